The molecule has 2 heterocycles. The van der Waals surface area contributed by atoms with Gasteiger partial charge in [-0.3, -0.25) is 14.5 Å². The first-order chi connectivity index (χ1) is 9.88. The van der Waals surface area contributed by atoms with Gasteiger partial charge in [-0.1, -0.05) is 6.07 Å². The minimum Gasteiger partial charge on any atom is -0.316 e. The second kappa shape index (κ2) is 4.55. The van der Waals surface area contributed by atoms with Crippen LogP contribution in [-0.4, -0.2) is 19.7 Å². The van der Waals surface area contributed by atoms with Crippen LogP contribution in [0.3, 0.4) is 0 Å². The largest absolute Gasteiger partial charge is 0.416 e. The Hall–Kier alpha value is -2.42. The van der Waals surface area contributed by atoms with Crippen LogP contribution in [0, 0.1) is 4.77 Å². The van der Waals surface area contributed by atoms with Crippen molar-refractivity contribution in [1.82, 2.24) is 19.7 Å². The van der Waals surface area contributed by atoms with E-state index in [4.69, 9.17) is 12.2 Å². The smallest absolute Gasteiger partial charge is 0.316 e. The molecule has 0 saturated carbocycles. The van der Waals surface area contributed by atoms with Gasteiger partial charge in [0.05, 0.1) is 17.4 Å². The molecular weight excluding hydrogens is 305 g/mol. The molecule has 0 radical (unpaired) electrons. The summed E-state index contributed by atoms with van der Waals surface area (Å²) in [6.45, 7) is 0. The quantitative estimate of drug-likeness (QED) is 0.679. The SMILES string of the molecule is O=c1c2cn[nH]c2[nH]c(=S)n1-c1cccc(C(F)(F)F)c1. The molecule has 0 aliphatic carbocycles. The molecule has 0 atom stereocenters. The molecule has 3 aromatic rings. The molecule has 3 rings (SSSR count). The first-order valence-corrected chi connectivity index (χ1v) is 6.15. The molecular formula is C12H7F3N4OS. The fourth-order valence-corrected chi connectivity index (χ4v) is 2.27. The number of rotatable bonds is 1. The van der Waals surface area contributed by atoms with E-state index < -0.39 is 17.3 Å². The number of fused-ring (bicyclic) bond motifs is 1. The molecule has 2 N–H and O–H groups in total. The Morgan fingerprint density at radius 3 is 2.76 bits per heavy atom. The molecule has 1 aromatic carbocycles. The van der Waals surface area contributed by atoms with Gasteiger partial charge < -0.3 is 4.98 Å². The molecule has 2 aromatic heterocycles. The zero-order chi connectivity index (χ0) is 15.2. The van der Waals surface area contributed by atoms with Crippen LogP contribution in [0.25, 0.3) is 16.7 Å². The number of aromatic nitrogens is 4. The minimum atomic E-state index is -4.50. The van der Waals surface area contributed by atoms with Crippen molar-refractivity contribution in [3.63, 3.8) is 0 Å². The molecule has 9 heteroatoms. The molecule has 0 unspecified atom stereocenters. The van der Waals surface area contributed by atoms with Gasteiger partial charge in [0.15, 0.2) is 4.77 Å². The van der Waals surface area contributed by atoms with E-state index in [2.05, 4.69) is 15.2 Å². The fraction of sp³-hybridized carbons (Fsp3) is 0.0833. The second-order valence-corrected chi connectivity index (χ2v) is 4.66. The number of nitrogens with zero attached hydrogens (tertiary/aromatic N) is 2. The molecule has 0 aliphatic heterocycles. The highest BCUT2D eigenvalue weighted by molar-refractivity contribution is 7.71. The summed E-state index contributed by atoms with van der Waals surface area (Å²) in [7, 11) is 0. The van der Waals surface area contributed by atoms with E-state index in [1.54, 1.807) is 0 Å². The van der Waals surface area contributed by atoms with Gasteiger partial charge in [-0.05, 0) is 30.4 Å². The summed E-state index contributed by atoms with van der Waals surface area (Å²) in [5.41, 5.74) is -1.03. The third kappa shape index (κ3) is 2.25. The first kappa shape index (κ1) is 13.6. The summed E-state index contributed by atoms with van der Waals surface area (Å²) in [6.07, 6.45) is -3.21. The third-order valence-corrected chi connectivity index (χ3v) is 3.22. The predicted octanol–water partition coefficient (Wildman–Crippen LogP) is 2.79. The van der Waals surface area contributed by atoms with E-state index in [9.17, 15) is 18.0 Å². The first-order valence-electron chi connectivity index (χ1n) is 5.74. The van der Waals surface area contributed by atoms with Crippen LogP contribution in [-0.2, 0) is 6.18 Å². The lowest BCUT2D eigenvalue weighted by Crippen LogP contribution is -2.20. The third-order valence-electron chi connectivity index (χ3n) is 2.94. The van der Waals surface area contributed by atoms with Crippen molar-refractivity contribution in [3.05, 3.63) is 51.2 Å². The topological polar surface area (TPSA) is 66.5 Å². The van der Waals surface area contributed by atoms with Crippen LogP contribution in [0.4, 0.5) is 13.2 Å². The predicted molar refractivity (Wildman–Crippen MR) is 71.9 cm³/mol. The molecule has 0 bridgehead atoms. The average Bonchev–Trinajstić information content (AvgIpc) is 2.86. The van der Waals surface area contributed by atoms with Crippen molar-refractivity contribution in [2.24, 2.45) is 0 Å². The summed E-state index contributed by atoms with van der Waals surface area (Å²) in [6, 6.07) is 4.40. The van der Waals surface area contributed by atoms with E-state index in [1.165, 1.54) is 18.3 Å². The highest BCUT2D eigenvalue weighted by Gasteiger charge is 2.30. The summed E-state index contributed by atoms with van der Waals surface area (Å²) in [4.78, 5) is 15.0. The molecule has 21 heavy (non-hydrogen) atoms. The maximum Gasteiger partial charge on any atom is 0.416 e. The van der Waals surface area contributed by atoms with Crippen LogP contribution < -0.4 is 5.56 Å². The van der Waals surface area contributed by atoms with Crippen LogP contribution >= 0.6 is 12.2 Å². The zero-order valence-electron chi connectivity index (χ0n) is 10.2. The van der Waals surface area contributed by atoms with Crippen LogP contribution in [0.2, 0.25) is 0 Å². The normalized spacial score (nSPS) is 12.0. The van der Waals surface area contributed by atoms with Crippen molar-refractivity contribution < 1.29 is 13.2 Å². The number of hydrogen-bond donors (Lipinski definition) is 2. The number of aromatic amines is 2. The molecule has 5 nitrogen and oxygen atoms in total. The van der Waals surface area contributed by atoms with Crippen LogP contribution in [0.1, 0.15) is 5.56 Å². The van der Waals surface area contributed by atoms with Gasteiger partial charge in [0.1, 0.15) is 11.0 Å². The van der Waals surface area contributed by atoms with Gasteiger partial charge in [0, 0.05) is 0 Å². The van der Waals surface area contributed by atoms with Crippen molar-refractivity contribution in [2.45, 2.75) is 6.18 Å². The van der Waals surface area contributed by atoms with E-state index in [-0.39, 0.29) is 15.8 Å². The number of halogens is 3. The summed E-state index contributed by atoms with van der Waals surface area (Å²) < 4.78 is 39.2. The maximum absolute atomic E-state index is 12.8. The van der Waals surface area contributed by atoms with Crippen LogP contribution in [0.15, 0.2) is 35.3 Å². The van der Waals surface area contributed by atoms with E-state index in [0.717, 1.165) is 16.7 Å². The molecule has 0 amide bonds. The Kier molecular flexibility index (Phi) is 2.94. The molecule has 0 saturated heterocycles. The summed E-state index contributed by atoms with van der Waals surface area (Å²) >= 11 is 5.03. The number of benzene rings is 1. The molecule has 0 spiro atoms. The van der Waals surface area contributed by atoms with Gasteiger partial charge in [-0.25, -0.2) is 0 Å². The van der Waals surface area contributed by atoms with Gasteiger partial charge >= 0.3 is 6.18 Å². The number of nitrogens with one attached hydrogen (secondary N) is 2. The fourth-order valence-electron chi connectivity index (χ4n) is 1.97. The molecule has 108 valence electrons. The zero-order valence-corrected chi connectivity index (χ0v) is 11.0. The van der Waals surface area contributed by atoms with Gasteiger partial charge in [0.25, 0.3) is 5.56 Å². The average molecular weight is 312 g/mol. The Morgan fingerprint density at radius 2 is 2.05 bits per heavy atom. The van der Waals surface area contributed by atoms with Crippen molar-refractivity contribution in [3.8, 4) is 5.69 Å². The lowest BCUT2D eigenvalue weighted by Gasteiger charge is -2.10. The van der Waals surface area contributed by atoms with Gasteiger partial charge in [0.2, 0.25) is 0 Å². The maximum atomic E-state index is 12.8. The molecule has 0 fully saturated rings. The van der Waals surface area contributed by atoms with Gasteiger partial charge in [-0.2, -0.15) is 18.3 Å². The standard InChI is InChI=1S/C12H7F3N4OS/c13-12(14,15)6-2-1-3-7(4-6)19-10(20)8-5-16-18-9(8)17-11(19)21/h1-5H,(H2,16,17,18,21). The Balaban J connectivity index is 2.31. The summed E-state index contributed by atoms with van der Waals surface area (Å²) in [5.74, 6) is 0. The second-order valence-electron chi connectivity index (χ2n) is 4.28. The highest BCUT2D eigenvalue weighted by Crippen LogP contribution is 2.30. The van der Waals surface area contributed by atoms with Crippen molar-refractivity contribution in [1.29, 1.82) is 0 Å². The van der Waals surface area contributed by atoms with Crippen molar-refractivity contribution in [2.75, 3.05) is 0 Å². The Labute approximate surface area is 120 Å². The summed E-state index contributed by atoms with van der Waals surface area (Å²) in [5, 5.41) is 6.46. The van der Waals surface area contributed by atoms with Gasteiger partial charge in [-0.15, -0.1) is 0 Å². The monoisotopic (exact) mass is 312 g/mol. The lowest BCUT2D eigenvalue weighted by atomic mass is 10.2. The minimum absolute atomic E-state index is 0.0175. The van der Waals surface area contributed by atoms with Crippen molar-refractivity contribution >= 4 is 23.3 Å². The van der Waals surface area contributed by atoms with E-state index in [1.807, 2.05) is 0 Å². The van der Waals surface area contributed by atoms with E-state index in [0.29, 0.717) is 5.65 Å². The number of alkyl halides is 3. The number of hydrogen-bond acceptors (Lipinski definition) is 3. The van der Waals surface area contributed by atoms with Crippen LogP contribution in [0.5, 0.6) is 0 Å². The Bertz CT molecular complexity index is 938. The highest BCUT2D eigenvalue weighted by atomic mass is 32.1. The van der Waals surface area contributed by atoms with E-state index >= 15 is 0 Å². The Morgan fingerprint density at radius 1 is 1.29 bits per heavy atom. The molecule has 0 aliphatic rings. The lowest BCUT2D eigenvalue weighted by molar-refractivity contribution is -0.137. The number of H-pyrrole nitrogens is 2.